The number of morpholine rings is 1. The molecule has 3 heterocycles. The molecule has 1 saturated heterocycles. The summed E-state index contributed by atoms with van der Waals surface area (Å²) in [5, 5.41) is 13.6. The lowest BCUT2D eigenvalue weighted by molar-refractivity contribution is 0.0228. The van der Waals surface area contributed by atoms with Gasteiger partial charge < -0.3 is 29.7 Å². The number of fused-ring (bicyclic) bond motifs is 1. The molecule has 12 heteroatoms. The summed E-state index contributed by atoms with van der Waals surface area (Å²) in [7, 11) is 3.62. The number of nitrogens with zero attached hydrogens (tertiary/aromatic N) is 6. The molecule has 1 saturated carbocycles. The van der Waals surface area contributed by atoms with Gasteiger partial charge in [-0.2, -0.15) is 9.97 Å². The number of ether oxygens (including phenoxy) is 2. The molecule has 0 atom stereocenters. The number of likely N-dealkylation sites (N-methyl/N-ethyl adjacent to an activating group) is 1. The van der Waals surface area contributed by atoms with Gasteiger partial charge in [0.2, 0.25) is 5.95 Å². The van der Waals surface area contributed by atoms with Crippen molar-refractivity contribution in [3.05, 3.63) is 30.1 Å². The molecule has 3 aromatic rings. The summed E-state index contributed by atoms with van der Waals surface area (Å²) < 4.78 is 40.8. The first kappa shape index (κ1) is 29.4. The van der Waals surface area contributed by atoms with Gasteiger partial charge in [0, 0.05) is 44.4 Å². The van der Waals surface area contributed by atoms with Crippen molar-refractivity contribution in [1.29, 1.82) is 0 Å². The second-order valence-corrected chi connectivity index (χ2v) is 11.8. The van der Waals surface area contributed by atoms with Gasteiger partial charge in [0.25, 0.3) is 6.43 Å². The fourth-order valence-corrected chi connectivity index (χ4v) is 5.92. The molecule has 10 nitrogen and oxygen atoms in total. The molecule has 2 aliphatic rings. The van der Waals surface area contributed by atoms with Crippen molar-refractivity contribution in [1.82, 2.24) is 24.4 Å². The molecular formula is C29H41F2N7O3. The van der Waals surface area contributed by atoms with Crippen LogP contribution in [0.25, 0.3) is 16.9 Å². The van der Waals surface area contributed by atoms with Gasteiger partial charge >= 0.3 is 0 Å². The zero-order valence-corrected chi connectivity index (χ0v) is 24.3. The number of hydrogen-bond acceptors (Lipinski definition) is 9. The largest absolute Gasteiger partial charge is 0.497 e. The standard InChI is InChI=1S/C29H41F2N7O3/c1-29(2,39)18-36(3)20-7-5-19(6-8-20)17-32-28-34-24(37-11-13-41-14-12-37)16-25(35-28)38-23-15-21(40-4)9-10-22(23)33-27(38)26(30)31/h9-10,15-16,19-20,26,39H,5-8,11-14,17-18H2,1-4H3,(H,32,34,35). The molecule has 1 aromatic carbocycles. The number of rotatable bonds is 10. The van der Waals surface area contributed by atoms with E-state index in [0.717, 1.165) is 25.7 Å². The predicted molar refractivity (Wildman–Crippen MR) is 154 cm³/mol. The number of halogens is 2. The molecule has 0 bridgehead atoms. The second kappa shape index (κ2) is 12.4. The predicted octanol–water partition coefficient (Wildman–Crippen LogP) is 4.27. The monoisotopic (exact) mass is 573 g/mol. The molecule has 1 aliphatic carbocycles. The first-order chi connectivity index (χ1) is 19.6. The van der Waals surface area contributed by atoms with Crippen LogP contribution in [-0.4, -0.2) is 94.7 Å². The van der Waals surface area contributed by atoms with E-state index in [0.29, 0.717) is 85.7 Å². The van der Waals surface area contributed by atoms with Crippen molar-refractivity contribution in [3.8, 4) is 11.6 Å². The fraction of sp³-hybridized carbons (Fsp3) is 0.621. The Kier molecular flexibility index (Phi) is 8.91. The Morgan fingerprint density at radius 2 is 1.80 bits per heavy atom. The van der Waals surface area contributed by atoms with Crippen molar-refractivity contribution in [2.24, 2.45) is 5.92 Å². The maximum atomic E-state index is 14.2. The average molecular weight is 574 g/mol. The minimum Gasteiger partial charge on any atom is -0.497 e. The van der Waals surface area contributed by atoms with Gasteiger partial charge in [-0.15, -0.1) is 0 Å². The van der Waals surface area contributed by atoms with E-state index in [1.54, 1.807) is 24.3 Å². The highest BCUT2D eigenvalue weighted by molar-refractivity contribution is 5.80. The van der Waals surface area contributed by atoms with Crippen LogP contribution in [0.15, 0.2) is 24.3 Å². The maximum Gasteiger partial charge on any atom is 0.296 e. The third kappa shape index (κ3) is 7.04. The molecule has 224 valence electrons. The van der Waals surface area contributed by atoms with E-state index in [4.69, 9.17) is 19.4 Å². The molecule has 2 fully saturated rings. The van der Waals surface area contributed by atoms with E-state index in [2.05, 4.69) is 27.1 Å². The lowest BCUT2D eigenvalue weighted by Gasteiger charge is -2.37. The van der Waals surface area contributed by atoms with Gasteiger partial charge in [-0.3, -0.25) is 4.57 Å². The minimum atomic E-state index is -2.80. The summed E-state index contributed by atoms with van der Waals surface area (Å²) in [6.07, 6.45) is 1.41. The number of imidazole rings is 1. The van der Waals surface area contributed by atoms with Crippen LogP contribution in [0.3, 0.4) is 0 Å². The number of aromatic nitrogens is 4. The van der Waals surface area contributed by atoms with Crippen LogP contribution in [0.1, 0.15) is 51.8 Å². The molecular weight excluding hydrogens is 532 g/mol. The van der Waals surface area contributed by atoms with Gasteiger partial charge in [-0.25, -0.2) is 13.8 Å². The molecule has 0 unspecified atom stereocenters. The zero-order chi connectivity index (χ0) is 29.1. The highest BCUT2D eigenvalue weighted by Crippen LogP contribution is 2.32. The molecule has 1 aliphatic heterocycles. The summed E-state index contributed by atoms with van der Waals surface area (Å²) in [6.45, 7) is 7.45. The average Bonchev–Trinajstić information content (AvgIpc) is 3.35. The van der Waals surface area contributed by atoms with Gasteiger partial charge in [0.15, 0.2) is 5.82 Å². The van der Waals surface area contributed by atoms with Crippen LogP contribution in [0.2, 0.25) is 0 Å². The smallest absolute Gasteiger partial charge is 0.296 e. The van der Waals surface area contributed by atoms with Gasteiger partial charge in [0.05, 0.1) is 37.0 Å². The normalized spacial score (nSPS) is 20.3. The number of hydrogen-bond donors (Lipinski definition) is 2. The summed E-state index contributed by atoms with van der Waals surface area (Å²) in [5.74, 6) is 1.99. The van der Waals surface area contributed by atoms with Crippen LogP contribution >= 0.6 is 0 Å². The number of methoxy groups -OCH3 is 1. The van der Waals surface area contributed by atoms with Gasteiger partial charge in [0.1, 0.15) is 17.4 Å². The first-order valence-electron chi connectivity index (χ1n) is 14.3. The third-order valence-corrected chi connectivity index (χ3v) is 7.97. The Morgan fingerprint density at radius 3 is 2.46 bits per heavy atom. The molecule has 5 rings (SSSR count). The minimum absolute atomic E-state index is 0.326. The molecule has 2 N–H and O–H groups in total. The number of aliphatic hydroxyl groups is 1. The quantitative estimate of drug-likeness (QED) is 0.368. The number of nitrogens with one attached hydrogen (secondary N) is 1. The van der Waals surface area contributed by atoms with Crippen molar-refractivity contribution >= 4 is 22.8 Å². The van der Waals surface area contributed by atoms with Gasteiger partial charge in [-0.05, 0) is 64.6 Å². The van der Waals surface area contributed by atoms with E-state index in [9.17, 15) is 13.9 Å². The summed E-state index contributed by atoms with van der Waals surface area (Å²) in [4.78, 5) is 18.1. The zero-order valence-electron chi connectivity index (χ0n) is 24.3. The molecule has 0 radical (unpaired) electrons. The van der Waals surface area contributed by atoms with Crippen molar-refractivity contribution in [2.75, 3.05) is 63.8 Å². The van der Waals surface area contributed by atoms with Crippen LogP contribution in [0.4, 0.5) is 20.5 Å². The van der Waals surface area contributed by atoms with E-state index in [1.165, 1.54) is 11.7 Å². The third-order valence-electron chi connectivity index (χ3n) is 7.97. The molecule has 0 amide bonds. The van der Waals surface area contributed by atoms with Gasteiger partial charge in [-0.1, -0.05) is 0 Å². The number of anilines is 2. The SMILES string of the molecule is COc1ccc2nc(C(F)F)n(-c3cc(N4CCOCC4)nc(NCC4CCC(N(C)CC(C)(C)O)CC4)n3)c2c1. The summed E-state index contributed by atoms with van der Waals surface area (Å²) in [6, 6.07) is 7.27. The highest BCUT2D eigenvalue weighted by atomic mass is 19.3. The van der Waals surface area contributed by atoms with Crippen molar-refractivity contribution < 1.29 is 23.4 Å². The van der Waals surface area contributed by atoms with E-state index in [-0.39, 0.29) is 5.82 Å². The summed E-state index contributed by atoms with van der Waals surface area (Å²) >= 11 is 0. The highest BCUT2D eigenvalue weighted by Gasteiger charge is 2.28. The fourth-order valence-electron chi connectivity index (χ4n) is 5.92. The lowest BCUT2D eigenvalue weighted by Crippen LogP contribution is -2.43. The van der Waals surface area contributed by atoms with Crippen LogP contribution in [0, 0.1) is 5.92 Å². The lowest BCUT2D eigenvalue weighted by atomic mass is 9.85. The number of alkyl halides is 2. The Hall–Kier alpha value is -3.09. The van der Waals surface area contributed by atoms with Crippen LogP contribution in [0.5, 0.6) is 5.75 Å². The Labute approximate surface area is 239 Å². The van der Waals surface area contributed by atoms with E-state index in [1.807, 2.05) is 13.8 Å². The molecule has 41 heavy (non-hydrogen) atoms. The van der Waals surface area contributed by atoms with Crippen LogP contribution < -0.4 is 15.0 Å². The molecule has 0 spiro atoms. The second-order valence-electron chi connectivity index (χ2n) is 11.8. The van der Waals surface area contributed by atoms with E-state index >= 15 is 0 Å². The van der Waals surface area contributed by atoms with Crippen molar-refractivity contribution in [3.63, 3.8) is 0 Å². The first-order valence-corrected chi connectivity index (χ1v) is 14.3. The summed E-state index contributed by atoms with van der Waals surface area (Å²) in [5.41, 5.74) is 0.211. The maximum absolute atomic E-state index is 14.2. The number of benzene rings is 1. The Bertz CT molecular complexity index is 1320. The molecule has 2 aromatic heterocycles. The topological polar surface area (TPSA) is 101 Å². The Balaban J connectivity index is 1.40. The Morgan fingerprint density at radius 1 is 1.10 bits per heavy atom. The van der Waals surface area contributed by atoms with E-state index < -0.39 is 12.0 Å². The van der Waals surface area contributed by atoms with Crippen molar-refractivity contribution in [2.45, 2.75) is 57.6 Å². The van der Waals surface area contributed by atoms with Crippen LogP contribution in [-0.2, 0) is 4.74 Å².